The van der Waals surface area contributed by atoms with Crippen LogP contribution in [0.1, 0.15) is 113 Å². The summed E-state index contributed by atoms with van der Waals surface area (Å²) in [7, 11) is 0. The molecule has 9 N–H and O–H groups in total. The quantitative estimate of drug-likeness (QED) is 0.0870. The van der Waals surface area contributed by atoms with Crippen molar-refractivity contribution in [1.82, 2.24) is 0 Å². The number of hydrogen-bond acceptors (Lipinski definition) is 13. The summed E-state index contributed by atoms with van der Waals surface area (Å²) in [4.78, 5) is 40.4. The second-order valence-electron chi connectivity index (χ2n) is 19.5. The van der Waals surface area contributed by atoms with E-state index in [-0.39, 0.29) is 34.8 Å². The predicted molar refractivity (Wildman–Crippen MR) is 206 cm³/mol. The first-order chi connectivity index (χ1) is 27.0. The number of ether oxygens (including phenoxy) is 2. The molecule has 4 fully saturated rings. The van der Waals surface area contributed by atoms with E-state index in [2.05, 4.69) is 40.7 Å². The molecule has 2 aromatic carbocycles. The maximum absolute atomic E-state index is 13.7. The number of aliphatic carboxylic acids is 1. The number of phenolic OH excluding ortho intramolecular Hbond substituents is 6. The van der Waals surface area contributed by atoms with Gasteiger partial charge in [0.1, 0.15) is 12.7 Å². The Bertz CT molecular complexity index is 2030. The molecule has 316 valence electrons. The zero-order valence-electron chi connectivity index (χ0n) is 33.6. The number of benzene rings is 2. The molecule has 58 heavy (non-hydrogen) atoms. The van der Waals surface area contributed by atoms with E-state index in [4.69, 9.17) is 9.47 Å². The van der Waals surface area contributed by atoms with Gasteiger partial charge < -0.3 is 55.4 Å². The molecule has 14 nitrogen and oxygen atoms in total. The van der Waals surface area contributed by atoms with E-state index in [9.17, 15) is 60.3 Å². The summed E-state index contributed by atoms with van der Waals surface area (Å²) >= 11 is 0. The van der Waals surface area contributed by atoms with E-state index in [0.717, 1.165) is 37.1 Å². The summed E-state index contributed by atoms with van der Waals surface area (Å²) in [6.45, 7) is 9.67. The highest BCUT2D eigenvalue weighted by molar-refractivity contribution is 5.92. The van der Waals surface area contributed by atoms with Crippen LogP contribution < -0.4 is 0 Å². The molecule has 0 bridgehead atoms. The minimum absolute atomic E-state index is 0.0303. The largest absolute Gasteiger partial charge is 0.504 e. The van der Waals surface area contributed by atoms with Crippen molar-refractivity contribution in [3.8, 4) is 34.5 Å². The Morgan fingerprint density at radius 2 is 1.29 bits per heavy atom. The molecule has 0 radical (unpaired) electrons. The molecule has 0 heterocycles. The van der Waals surface area contributed by atoms with Crippen molar-refractivity contribution in [2.45, 2.75) is 105 Å². The first-order valence-electron chi connectivity index (χ1n) is 20.1. The second kappa shape index (κ2) is 13.7. The number of fused-ring (bicyclic) bond motifs is 7. The number of rotatable bonds is 7. The van der Waals surface area contributed by atoms with Crippen molar-refractivity contribution in [3.05, 3.63) is 47.0 Å². The van der Waals surface area contributed by atoms with Gasteiger partial charge in [-0.2, -0.15) is 0 Å². The summed E-state index contributed by atoms with van der Waals surface area (Å²) in [6, 6.07) is 3.58. The zero-order chi connectivity index (χ0) is 42.5. The minimum atomic E-state index is -1.65. The van der Waals surface area contributed by atoms with Gasteiger partial charge in [0.15, 0.2) is 34.5 Å². The first kappa shape index (κ1) is 41.5. The van der Waals surface area contributed by atoms with Crippen LogP contribution in [0.25, 0.3) is 0 Å². The van der Waals surface area contributed by atoms with Gasteiger partial charge in [-0.25, -0.2) is 9.59 Å². The zero-order valence-corrected chi connectivity index (χ0v) is 33.6. The number of aromatic hydroxyl groups is 6. The van der Waals surface area contributed by atoms with E-state index in [0.29, 0.717) is 38.5 Å². The van der Waals surface area contributed by atoms with Gasteiger partial charge in [-0.05, 0) is 121 Å². The lowest BCUT2D eigenvalue weighted by molar-refractivity contribution is -0.256. The lowest BCUT2D eigenvalue weighted by atomic mass is 9.33. The van der Waals surface area contributed by atoms with Gasteiger partial charge >= 0.3 is 17.9 Å². The third-order valence-electron chi connectivity index (χ3n) is 16.2. The number of aliphatic hydroxyl groups is 2. The van der Waals surface area contributed by atoms with Crippen molar-refractivity contribution < 1.29 is 69.8 Å². The maximum Gasteiger partial charge on any atom is 0.338 e. The van der Waals surface area contributed by atoms with Crippen LogP contribution in [0.5, 0.6) is 34.5 Å². The molecule has 14 heteroatoms. The summed E-state index contributed by atoms with van der Waals surface area (Å²) in [6.07, 6.45) is 4.48. The molecule has 7 rings (SSSR count). The summed E-state index contributed by atoms with van der Waals surface area (Å²) in [5, 5.41) is 94.8. The third kappa shape index (κ3) is 5.90. The Morgan fingerprint density at radius 3 is 1.84 bits per heavy atom. The fourth-order valence-corrected chi connectivity index (χ4v) is 12.9. The smallest absolute Gasteiger partial charge is 0.338 e. The predicted octanol–water partition coefficient (Wildman–Crippen LogP) is 6.11. The molecule has 5 aliphatic rings. The Hall–Kier alpha value is -4.69. The van der Waals surface area contributed by atoms with Crippen LogP contribution in [0.3, 0.4) is 0 Å². The highest BCUT2D eigenvalue weighted by atomic mass is 16.6. The Labute approximate surface area is 336 Å². The number of carbonyl (C=O) groups is 3. The second-order valence-corrected chi connectivity index (χ2v) is 19.5. The number of esters is 2. The van der Waals surface area contributed by atoms with Gasteiger partial charge in [-0.1, -0.05) is 46.3 Å². The van der Waals surface area contributed by atoms with Crippen LogP contribution in [-0.2, 0) is 14.3 Å². The molecule has 0 unspecified atom stereocenters. The fourth-order valence-electron chi connectivity index (χ4n) is 12.9. The van der Waals surface area contributed by atoms with E-state index in [1.165, 1.54) is 5.57 Å². The van der Waals surface area contributed by atoms with Crippen molar-refractivity contribution in [3.63, 3.8) is 0 Å². The number of hydrogen-bond donors (Lipinski definition) is 9. The minimum Gasteiger partial charge on any atom is -0.504 e. The van der Waals surface area contributed by atoms with Gasteiger partial charge in [0.05, 0.1) is 34.7 Å². The normalized spacial score (nSPS) is 37.5. The SMILES string of the molecule is CC1(C)CC[C@]2(C(=O)O)CC[C@]3(C)C(=CC[C@@H]4[C@@]5(C)C[C@@H](O)[C@H](OC(=O)c6cc(O)c(O)c(O)c6)[C@](CO)(COC(=O)c6cc(O)c(O)c(O)c6)[C@@H]5CC[C@]43C)[C@@H]2C1. The Balaban J connectivity index is 1.30. The van der Waals surface area contributed by atoms with Crippen molar-refractivity contribution >= 4 is 17.9 Å². The summed E-state index contributed by atoms with van der Waals surface area (Å²) < 4.78 is 11.8. The summed E-state index contributed by atoms with van der Waals surface area (Å²) in [5.74, 6) is -8.52. The van der Waals surface area contributed by atoms with Gasteiger partial charge in [0.25, 0.3) is 0 Å². The van der Waals surface area contributed by atoms with Crippen LogP contribution in [0.4, 0.5) is 0 Å². The molecule has 0 saturated heterocycles. The highest BCUT2D eigenvalue weighted by Crippen LogP contribution is 2.76. The number of carboxylic acids is 1. The molecule has 5 aliphatic carbocycles. The van der Waals surface area contributed by atoms with E-state index in [1.54, 1.807) is 0 Å². The monoisotopic (exact) mass is 808 g/mol. The Kier molecular flexibility index (Phi) is 9.79. The maximum atomic E-state index is 13.7. The lowest BCUT2D eigenvalue weighted by Crippen LogP contribution is -2.70. The molecule has 0 spiro atoms. The van der Waals surface area contributed by atoms with Crippen LogP contribution in [0.2, 0.25) is 0 Å². The molecular weight excluding hydrogens is 752 g/mol. The van der Waals surface area contributed by atoms with Crippen LogP contribution in [0, 0.1) is 50.2 Å². The topological polar surface area (TPSA) is 252 Å². The van der Waals surface area contributed by atoms with Crippen molar-refractivity contribution in [2.75, 3.05) is 13.2 Å². The number of carbonyl (C=O) groups excluding carboxylic acids is 2. The van der Waals surface area contributed by atoms with Crippen LogP contribution in [-0.4, -0.2) is 89.3 Å². The molecule has 0 aromatic heterocycles. The Morgan fingerprint density at radius 1 is 0.741 bits per heavy atom. The molecular formula is C44H56O14. The van der Waals surface area contributed by atoms with Crippen LogP contribution >= 0.6 is 0 Å². The molecule has 4 saturated carbocycles. The van der Waals surface area contributed by atoms with Crippen molar-refractivity contribution in [2.24, 2.45) is 50.2 Å². The van der Waals surface area contributed by atoms with E-state index >= 15 is 0 Å². The molecule has 2 aromatic rings. The average molecular weight is 809 g/mol. The van der Waals surface area contributed by atoms with E-state index < -0.39 is 111 Å². The van der Waals surface area contributed by atoms with Gasteiger partial charge in [0, 0.05) is 0 Å². The van der Waals surface area contributed by atoms with E-state index in [1.807, 2.05) is 0 Å². The van der Waals surface area contributed by atoms with Gasteiger partial charge in [0.2, 0.25) is 0 Å². The van der Waals surface area contributed by atoms with Crippen LogP contribution in [0.15, 0.2) is 35.9 Å². The highest BCUT2D eigenvalue weighted by Gasteiger charge is 2.72. The van der Waals surface area contributed by atoms with Crippen molar-refractivity contribution in [1.29, 1.82) is 0 Å². The fraction of sp³-hybridized carbons (Fsp3) is 0.614. The third-order valence-corrected chi connectivity index (χ3v) is 16.2. The molecule has 0 aliphatic heterocycles. The molecule has 10 atom stereocenters. The average Bonchev–Trinajstić information content (AvgIpc) is 3.15. The number of allylic oxidation sites excluding steroid dienone is 2. The lowest BCUT2D eigenvalue weighted by Gasteiger charge is -2.71. The molecule has 0 amide bonds. The number of carboxylic acid groups (broad SMARTS) is 1. The number of aliphatic hydroxyl groups excluding tert-OH is 2. The number of phenols is 6. The van der Waals surface area contributed by atoms with Gasteiger partial charge in [-0.3, -0.25) is 4.79 Å². The van der Waals surface area contributed by atoms with Gasteiger partial charge in [-0.15, -0.1) is 0 Å². The standard InChI is InChI=1S/C44H56O14/c1-39(2)10-12-43(38(55)56)13-11-41(4)24(25(43)18-39)6-7-31-40(3)19-30(50)35(58-37(54)23-16-28(48)34(52)29(49)17-23)44(20-45,32(40)8-9-42(31,41)5)21-57-36(53)22-14-26(46)33(51)27(47)15-22/h6,14-17,25,30-32,35,45-52H,7-13,18-21H2,1-5H3,(H,55,56)/t25-,30+,31+,32+,35-,40+,41+,42+,43-,44+/m0/s1. The summed E-state index contributed by atoms with van der Waals surface area (Å²) in [5.41, 5.74) is -3.56. The first-order valence-corrected chi connectivity index (χ1v) is 20.1.